The van der Waals surface area contributed by atoms with Crippen molar-refractivity contribution in [2.45, 2.75) is 13.8 Å². The zero-order valence-electron chi connectivity index (χ0n) is 9.14. The lowest BCUT2D eigenvalue weighted by Gasteiger charge is -2.38. The van der Waals surface area contributed by atoms with Crippen molar-refractivity contribution >= 4 is 17.3 Å². The lowest BCUT2D eigenvalue weighted by Crippen LogP contribution is -2.45. The summed E-state index contributed by atoms with van der Waals surface area (Å²) in [7, 11) is 0. The van der Waals surface area contributed by atoms with Gasteiger partial charge in [-0.15, -0.1) is 0 Å². The van der Waals surface area contributed by atoms with E-state index in [-0.39, 0.29) is 5.41 Å². The molecule has 0 aliphatic carbocycles. The van der Waals surface area contributed by atoms with Crippen molar-refractivity contribution in [1.29, 1.82) is 0 Å². The molecule has 1 saturated heterocycles. The summed E-state index contributed by atoms with van der Waals surface area (Å²) in [5.41, 5.74) is 2.52. The molecule has 3 heteroatoms. The van der Waals surface area contributed by atoms with Crippen LogP contribution in [0.25, 0.3) is 0 Å². The highest BCUT2D eigenvalue weighted by Crippen LogP contribution is 2.28. The first-order valence-corrected chi connectivity index (χ1v) is 5.55. The van der Waals surface area contributed by atoms with Gasteiger partial charge in [-0.1, -0.05) is 24.6 Å². The summed E-state index contributed by atoms with van der Waals surface area (Å²) in [6, 6.07) is 5.94. The number of benzene rings is 1. The number of anilines is 1. The van der Waals surface area contributed by atoms with Gasteiger partial charge in [0.2, 0.25) is 0 Å². The van der Waals surface area contributed by atoms with Crippen molar-refractivity contribution in [3.05, 3.63) is 28.8 Å². The van der Waals surface area contributed by atoms with Crippen LogP contribution in [0.5, 0.6) is 0 Å². The van der Waals surface area contributed by atoms with E-state index in [1.165, 1.54) is 0 Å². The second kappa shape index (κ2) is 4.03. The van der Waals surface area contributed by atoms with Gasteiger partial charge in [-0.3, -0.25) is 0 Å². The van der Waals surface area contributed by atoms with E-state index in [0.717, 1.165) is 36.0 Å². The lowest BCUT2D eigenvalue weighted by molar-refractivity contribution is -0.0924. The van der Waals surface area contributed by atoms with Crippen LogP contribution in [0.3, 0.4) is 0 Å². The third-order valence-corrected chi connectivity index (χ3v) is 3.28. The van der Waals surface area contributed by atoms with Crippen molar-refractivity contribution in [2.75, 3.05) is 25.1 Å². The third-order valence-electron chi connectivity index (χ3n) is 2.87. The van der Waals surface area contributed by atoms with E-state index in [1.807, 2.05) is 19.1 Å². The van der Waals surface area contributed by atoms with E-state index in [2.05, 4.69) is 18.3 Å². The standard InChI is InChI=1S/C12H16ClNO/c1-9-10(13)4-3-5-11(9)14-6-12(2)7-15-8-12/h3-5,14H,6-8H2,1-2H3. The Bertz CT molecular complexity index is 361. The predicted octanol–water partition coefficient (Wildman–Crippen LogP) is 3.10. The lowest BCUT2D eigenvalue weighted by atomic mass is 9.88. The zero-order valence-corrected chi connectivity index (χ0v) is 9.90. The van der Waals surface area contributed by atoms with E-state index < -0.39 is 0 Å². The van der Waals surface area contributed by atoms with Gasteiger partial charge in [0.25, 0.3) is 0 Å². The van der Waals surface area contributed by atoms with Crippen LogP contribution in [-0.4, -0.2) is 19.8 Å². The molecule has 1 aromatic carbocycles. The number of halogens is 1. The second-order valence-corrected chi connectivity index (χ2v) is 4.98. The molecule has 1 heterocycles. The summed E-state index contributed by atoms with van der Waals surface area (Å²) in [5.74, 6) is 0. The fourth-order valence-electron chi connectivity index (χ4n) is 1.66. The smallest absolute Gasteiger partial charge is 0.0559 e. The zero-order chi connectivity index (χ0) is 10.9. The highest BCUT2D eigenvalue weighted by atomic mass is 35.5. The number of nitrogens with one attached hydrogen (secondary N) is 1. The number of hydrogen-bond acceptors (Lipinski definition) is 2. The molecule has 0 atom stereocenters. The van der Waals surface area contributed by atoms with Gasteiger partial charge < -0.3 is 10.1 Å². The monoisotopic (exact) mass is 225 g/mol. The molecule has 0 aromatic heterocycles. The van der Waals surface area contributed by atoms with Gasteiger partial charge in [0.05, 0.1) is 13.2 Å². The van der Waals surface area contributed by atoms with Crippen LogP contribution in [-0.2, 0) is 4.74 Å². The maximum Gasteiger partial charge on any atom is 0.0559 e. The highest BCUT2D eigenvalue weighted by molar-refractivity contribution is 6.31. The van der Waals surface area contributed by atoms with Crippen molar-refractivity contribution in [1.82, 2.24) is 0 Å². The third kappa shape index (κ3) is 2.27. The van der Waals surface area contributed by atoms with Gasteiger partial charge in [-0.25, -0.2) is 0 Å². The largest absolute Gasteiger partial charge is 0.384 e. The van der Waals surface area contributed by atoms with Crippen molar-refractivity contribution in [3.63, 3.8) is 0 Å². The SMILES string of the molecule is Cc1c(Cl)cccc1NCC1(C)COC1. The maximum absolute atomic E-state index is 6.05. The molecule has 0 spiro atoms. The van der Waals surface area contributed by atoms with Gasteiger partial charge in [-0.05, 0) is 24.6 Å². The van der Waals surface area contributed by atoms with Crippen LogP contribution < -0.4 is 5.32 Å². The maximum atomic E-state index is 6.05. The fraction of sp³-hybridized carbons (Fsp3) is 0.500. The number of ether oxygens (including phenoxy) is 1. The Labute approximate surface area is 95.6 Å². The second-order valence-electron chi connectivity index (χ2n) is 4.57. The fourth-order valence-corrected chi connectivity index (χ4v) is 1.83. The molecule has 1 fully saturated rings. The van der Waals surface area contributed by atoms with E-state index in [9.17, 15) is 0 Å². The summed E-state index contributed by atoms with van der Waals surface area (Å²) in [6.07, 6.45) is 0. The molecule has 0 radical (unpaired) electrons. The Morgan fingerprint density at radius 1 is 1.47 bits per heavy atom. The first-order valence-electron chi connectivity index (χ1n) is 5.17. The van der Waals surface area contributed by atoms with Crippen LogP contribution in [0, 0.1) is 12.3 Å². The summed E-state index contributed by atoms with van der Waals surface area (Å²) in [6.45, 7) is 6.89. The van der Waals surface area contributed by atoms with Gasteiger partial charge in [0.15, 0.2) is 0 Å². The first kappa shape index (κ1) is 10.8. The van der Waals surface area contributed by atoms with Gasteiger partial charge in [0.1, 0.15) is 0 Å². The van der Waals surface area contributed by atoms with Crippen molar-refractivity contribution in [2.24, 2.45) is 5.41 Å². The predicted molar refractivity (Wildman–Crippen MR) is 63.6 cm³/mol. The Balaban J connectivity index is 2.01. The van der Waals surface area contributed by atoms with Gasteiger partial charge in [-0.2, -0.15) is 0 Å². The topological polar surface area (TPSA) is 21.3 Å². The summed E-state index contributed by atoms with van der Waals surface area (Å²) in [4.78, 5) is 0. The first-order chi connectivity index (χ1) is 7.11. The van der Waals surface area contributed by atoms with Gasteiger partial charge in [0, 0.05) is 22.7 Å². The molecule has 1 N–H and O–H groups in total. The van der Waals surface area contributed by atoms with Crippen LogP contribution in [0.4, 0.5) is 5.69 Å². The van der Waals surface area contributed by atoms with Crippen LogP contribution in [0.15, 0.2) is 18.2 Å². The molecule has 0 bridgehead atoms. The van der Waals surface area contributed by atoms with E-state index >= 15 is 0 Å². The molecule has 2 nitrogen and oxygen atoms in total. The van der Waals surface area contributed by atoms with E-state index in [0.29, 0.717) is 0 Å². The number of rotatable bonds is 3. The average Bonchev–Trinajstić information content (AvgIpc) is 2.17. The van der Waals surface area contributed by atoms with Crippen LogP contribution >= 0.6 is 11.6 Å². The molecule has 15 heavy (non-hydrogen) atoms. The minimum atomic E-state index is 0.286. The van der Waals surface area contributed by atoms with Crippen LogP contribution in [0.1, 0.15) is 12.5 Å². The Kier molecular flexibility index (Phi) is 2.89. The summed E-state index contributed by atoms with van der Waals surface area (Å²) < 4.78 is 5.21. The Morgan fingerprint density at radius 3 is 2.80 bits per heavy atom. The molecule has 1 aliphatic heterocycles. The van der Waals surface area contributed by atoms with Crippen molar-refractivity contribution < 1.29 is 4.74 Å². The van der Waals surface area contributed by atoms with E-state index in [1.54, 1.807) is 0 Å². The van der Waals surface area contributed by atoms with Crippen molar-refractivity contribution in [3.8, 4) is 0 Å². The molecule has 0 amide bonds. The minimum absolute atomic E-state index is 0.286. The molecular formula is C12H16ClNO. The minimum Gasteiger partial charge on any atom is -0.384 e. The quantitative estimate of drug-likeness (QED) is 0.854. The van der Waals surface area contributed by atoms with Crippen LogP contribution in [0.2, 0.25) is 5.02 Å². The van der Waals surface area contributed by atoms with Gasteiger partial charge >= 0.3 is 0 Å². The van der Waals surface area contributed by atoms with E-state index in [4.69, 9.17) is 16.3 Å². The molecule has 0 unspecified atom stereocenters. The summed E-state index contributed by atoms with van der Waals surface area (Å²) in [5, 5.41) is 4.25. The average molecular weight is 226 g/mol. The Morgan fingerprint density at radius 2 is 2.20 bits per heavy atom. The Hall–Kier alpha value is -0.730. The molecule has 2 rings (SSSR count). The molecule has 1 aromatic rings. The molecular weight excluding hydrogens is 210 g/mol. The normalized spacial score (nSPS) is 18.3. The summed E-state index contributed by atoms with van der Waals surface area (Å²) >= 11 is 6.05. The molecule has 0 saturated carbocycles. The molecule has 1 aliphatic rings. The highest BCUT2D eigenvalue weighted by Gasteiger charge is 2.32. The number of hydrogen-bond donors (Lipinski definition) is 1. The molecule has 82 valence electrons.